The van der Waals surface area contributed by atoms with Crippen LogP contribution in [-0.4, -0.2) is 55.1 Å². The standard InChI is InChI=1S/C25H24F4N10O2/c1-13-7-15(8-17(26)20(13)24(41)35-14(2)10-33-19(40)9-31)36-22-23-34-11-18(39(23)6-4-32-22)16-12-38(5-3-30)37-21(16)25(27,28)29/h4,6-8,11-12,14H,5,9-10,31H2,1-2H3,(H,32,36)(H,33,40)(H,35,41)/t14-/m1/s1. The molecule has 3 aromatic heterocycles. The number of anilines is 2. The van der Waals surface area contributed by atoms with Gasteiger partial charge in [0.15, 0.2) is 17.2 Å². The zero-order chi connectivity index (χ0) is 29.9. The molecule has 0 bridgehead atoms. The Hall–Kier alpha value is -5.04. The van der Waals surface area contributed by atoms with Crippen molar-refractivity contribution in [1.82, 2.24) is 34.8 Å². The van der Waals surface area contributed by atoms with Crippen LogP contribution in [0.4, 0.5) is 29.1 Å². The van der Waals surface area contributed by atoms with Crippen LogP contribution in [0.2, 0.25) is 0 Å². The number of carbonyl (C=O) groups excluding carboxylic acids is 2. The monoisotopic (exact) mass is 572 g/mol. The predicted molar refractivity (Wildman–Crippen MR) is 138 cm³/mol. The highest BCUT2D eigenvalue weighted by atomic mass is 19.4. The molecule has 0 aliphatic rings. The molecule has 0 aliphatic carbocycles. The Morgan fingerprint density at radius 2 is 2.00 bits per heavy atom. The van der Waals surface area contributed by atoms with Gasteiger partial charge in [-0.05, 0) is 31.5 Å². The summed E-state index contributed by atoms with van der Waals surface area (Å²) in [5, 5.41) is 20.4. The van der Waals surface area contributed by atoms with Crippen molar-refractivity contribution in [2.24, 2.45) is 5.73 Å². The molecule has 0 unspecified atom stereocenters. The number of nitrogens with zero attached hydrogens (tertiary/aromatic N) is 6. The molecule has 16 heteroatoms. The van der Waals surface area contributed by atoms with Crippen molar-refractivity contribution in [2.75, 3.05) is 18.4 Å². The molecule has 0 spiro atoms. The van der Waals surface area contributed by atoms with E-state index in [9.17, 15) is 22.8 Å². The molecule has 4 aromatic rings. The van der Waals surface area contributed by atoms with Gasteiger partial charge in [-0.25, -0.2) is 14.4 Å². The van der Waals surface area contributed by atoms with Crippen LogP contribution in [0.1, 0.15) is 28.5 Å². The number of halogens is 4. The van der Waals surface area contributed by atoms with E-state index in [0.29, 0.717) is 5.56 Å². The van der Waals surface area contributed by atoms with Crippen LogP contribution >= 0.6 is 0 Å². The van der Waals surface area contributed by atoms with E-state index < -0.39 is 35.5 Å². The molecular formula is C25H24F4N10O2. The Morgan fingerprint density at radius 1 is 1.24 bits per heavy atom. The van der Waals surface area contributed by atoms with E-state index in [1.165, 1.54) is 36.0 Å². The fourth-order valence-electron chi connectivity index (χ4n) is 4.10. The second-order valence-corrected chi connectivity index (χ2v) is 9.02. The van der Waals surface area contributed by atoms with E-state index in [1.807, 2.05) is 0 Å². The normalized spacial score (nSPS) is 12.1. The highest BCUT2D eigenvalue weighted by Crippen LogP contribution is 2.37. The van der Waals surface area contributed by atoms with Crippen molar-refractivity contribution in [3.63, 3.8) is 0 Å². The average molecular weight is 573 g/mol. The zero-order valence-corrected chi connectivity index (χ0v) is 21.8. The number of rotatable bonds is 9. The van der Waals surface area contributed by atoms with Gasteiger partial charge in [0, 0.05) is 36.9 Å². The third-order valence-electron chi connectivity index (χ3n) is 5.91. The van der Waals surface area contributed by atoms with Gasteiger partial charge in [-0.15, -0.1) is 0 Å². The number of hydrogen-bond acceptors (Lipinski definition) is 8. The Morgan fingerprint density at radius 3 is 2.66 bits per heavy atom. The molecule has 1 atom stereocenters. The SMILES string of the molecule is Cc1cc(Nc2nccn3c(-c4cn(CC#N)nc4C(F)(F)F)cnc23)cc(F)c1C(=O)N[C@H](C)CNC(=O)CN. The van der Waals surface area contributed by atoms with Crippen molar-refractivity contribution >= 4 is 29.0 Å². The number of alkyl halides is 3. The third kappa shape index (κ3) is 6.25. The van der Waals surface area contributed by atoms with Gasteiger partial charge >= 0.3 is 6.18 Å². The maximum Gasteiger partial charge on any atom is 0.435 e. The highest BCUT2D eigenvalue weighted by molar-refractivity contribution is 5.96. The highest BCUT2D eigenvalue weighted by Gasteiger charge is 2.38. The predicted octanol–water partition coefficient (Wildman–Crippen LogP) is 2.52. The molecule has 12 nitrogen and oxygen atoms in total. The van der Waals surface area contributed by atoms with Gasteiger partial charge < -0.3 is 21.7 Å². The molecule has 214 valence electrons. The van der Waals surface area contributed by atoms with Crippen LogP contribution in [0.3, 0.4) is 0 Å². The van der Waals surface area contributed by atoms with Crippen molar-refractivity contribution in [3.05, 3.63) is 59.6 Å². The molecule has 0 radical (unpaired) electrons. The largest absolute Gasteiger partial charge is 0.435 e. The number of amides is 2. The minimum Gasteiger partial charge on any atom is -0.353 e. The van der Waals surface area contributed by atoms with Gasteiger partial charge in [0.25, 0.3) is 5.91 Å². The lowest BCUT2D eigenvalue weighted by Gasteiger charge is -2.17. The average Bonchev–Trinajstić information content (AvgIpc) is 3.52. The lowest BCUT2D eigenvalue weighted by atomic mass is 10.1. The summed E-state index contributed by atoms with van der Waals surface area (Å²) in [5.41, 5.74) is 4.26. The van der Waals surface area contributed by atoms with Crippen LogP contribution in [0.25, 0.3) is 16.9 Å². The third-order valence-corrected chi connectivity index (χ3v) is 5.91. The second kappa shape index (κ2) is 11.6. The lowest BCUT2D eigenvalue weighted by molar-refractivity contribution is -0.141. The van der Waals surface area contributed by atoms with Crippen molar-refractivity contribution in [3.8, 4) is 17.3 Å². The first-order valence-corrected chi connectivity index (χ1v) is 12.1. The number of benzene rings is 1. The molecule has 0 saturated carbocycles. The Bertz CT molecular complexity index is 1630. The number of carbonyl (C=O) groups is 2. The first-order valence-electron chi connectivity index (χ1n) is 12.1. The summed E-state index contributed by atoms with van der Waals surface area (Å²) in [5.74, 6) is -1.81. The zero-order valence-electron chi connectivity index (χ0n) is 21.8. The minimum atomic E-state index is -4.78. The Labute approximate surface area is 230 Å². The van der Waals surface area contributed by atoms with Crippen molar-refractivity contribution in [1.29, 1.82) is 5.26 Å². The van der Waals surface area contributed by atoms with Crippen LogP contribution in [-0.2, 0) is 17.5 Å². The molecule has 1 aromatic carbocycles. The second-order valence-electron chi connectivity index (χ2n) is 9.02. The smallest absolute Gasteiger partial charge is 0.353 e. The van der Waals surface area contributed by atoms with Gasteiger partial charge in [-0.3, -0.25) is 18.7 Å². The molecule has 0 aliphatic heterocycles. The van der Waals surface area contributed by atoms with E-state index in [0.717, 1.165) is 16.9 Å². The maximum atomic E-state index is 15.1. The number of hydrogen-bond donors (Lipinski definition) is 4. The van der Waals surface area contributed by atoms with Gasteiger partial charge in [0.1, 0.15) is 12.4 Å². The fourth-order valence-corrected chi connectivity index (χ4v) is 4.10. The summed E-state index contributed by atoms with van der Waals surface area (Å²) >= 11 is 0. The van der Waals surface area contributed by atoms with E-state index in [4.69, 9.17) is 11.0 Å². The number of nitriles is 1. The first kappa shape index (κ1) is 29.0. The molecule has 41 heavy (non-hydrogen) atoms. The molecular weight excluding hydrogens is 548 g/mol. The number of aryl methyl sites for hydroxylation is 1. The lowest BCUT2D eigenvalue weighted by Crippen LogP contribution is -2.43. The quantitative estimate of drug-likeness (QED) is 0.222. The van der Waals surface area contributed by atoms with Gasteiger partial charge in [0.2, 0.25) is 5.91 Å². The Kier molecular flexibility index (Phi) is 8.19. The summed E-state index contributed by atoms with van der Waals surface area (Å²) in [6, 6.07) is 3.82. The summed E-state index contributed by atoms with van der Waals surface area (Å²) < 4.78 is 58.4. The summed E-state index contributed by atoms with van der Waals surface area (Å²) in [6.07, 6.45) is 0.262. The number of nitrogens with two attached hydrogens (primary N) is 1. The van der Waals surface area contributed by atoms with E-state index in [-0.39, 0.29) is 53.6 Å². The van der Waals surface area contributed by atoms with Crippen molar-refractivity contribution < 1.29 is 27.2 Å². The van der Waals surface area contributed by atoms with E-state index in [2.05, 4.69) is 31.0 Å². The molecule has 5 N–H and O–H groups in total. The summed E-state index contributed by atoms with van der Waals surface area (Å²) in [4.78, 5) is 32.4. The summed E-state index contributed by atoms with van der Waals surface area (Å²) in [6.45, 7) is 2.69. The molecule has 0 saturated heterocycles. The fraction of sp³-hybridized carbons (Fsp3) is 0.280. The first-order chi connectivity index (χ1) is 19.4. The van der Waals surface area contributed by atoms with Crippen LogP contribution in [0, 0.1) is 24.1 Å². The number of fused-ring (bicyclic) bond motifs is 1. The number of aromatic nitrogens is 5. The summed E-state index contributed by atoms with van der Waals surface area (Å²) in [7, 11) is 0. The molecule has 2 amide bonds. The Balaban J connectivity index is 1.61. The van der Waals surface area contributed by atoms with Gasteiger partial charge in [-0.1, -0.05) is 0 Å². The van der Waals surface area contributed by atoms with Gasteiger partial charge in [0.05, 0.1) is 35.6 Å². The number of imidazole rings is 1. The van der Waals surface area contributed by atoms with Crippen LogP contribution in [0.5, 0.6) is 0 Å². The van der Waals surface area contributed by atoms with E-state index >= 15 is 4.39 Å². The topological polar surface area (TPSA) is 168 Å². The maximum absolute atomic E-state index is 15.1. The molecule has 0 fully saturated rings. The van der Waals surface area contributed by atoms with Crippen LogP contribution in [0.15, 0.2) is 36.9 Å². The van der Waals surface area contributed by atoms with Gasteiger partial charge in [-0.2, -0.15) is 23.5 Å². The molecule has 3 heterocycles. The molecule has 4 rings (SSSR count). The number of nitrogens with one attached hydrogen (secondary N) is 3. The van der Waals surface area contributed by atoms with Crippen LogP contribution < -0.4 is 21.7 Å². The van der Waals surface area contributed by atoms with E-state index in [1.54, 1.807) is 13.0 Å². The van der Waals surface area contributed by atoms with Crippen molar-refractivity contribution in [2.45, 2.75) is 32.6 Å². The minimum absolute atomic E-state index is 0.0492.